The average Bonchev–Trinajstić information content (AvgIpc) is 1.22. The fourth-order valence-corrected chi connectivity index (χ4v) is 12.9. The Morgan fingerprint density at radius 2 is 0.608 bits per heavy atom. The van der Waals surface area contributed by atoms with Crippen LogP contribution >= 0.6 is 15.6 Å². The van der Waals surface area contributed by atoms with E-state index in [-0.39, 0.29) is 25.7 Å². The molecule has 0 rings (SSSR count). The van der Waals surface area contributed by atoms with Crippen LogP contribution in [0.1, 0.15) is 376 Å². The Labute approximate surface area is 592 Å². The standard InChI is InChI=1S/C78H148O17P2/c1-8-11-12-13-14-15-16-17-22-26-29-32-37-45-52-59-75(80)88-66-74(95-78(83)62-55-48-41-40-44-51-58-71(7)10-3)68-93-97(86,87)91-64-72(79)63-90-96(84,85)92-67-73(65-89-76(81)60-53-46-39-34-35-42-49-56-69(4)5)94-77(82)61-54-47-38-33-30-27-24-21-19-18-20-23-25-28-31-36-43-50-57-70(6)9-2/h15-17,22,69-74,79H,8-14,18-21,23-68H2,1-7H3,(H,84,85)(H,86,87)/b16-15-,22-17-/t70?,71?,72?,73-,74-/m1/s1. The van der Waals surface area contributed by atoms with Gasteiger partial charge in [0.15, 0.2) is 12.2 Å². The SMILES string of the molecule is CCCCCC/C=C\C=C/CCCCCCCC(=O)OC[C@H](COP(=O)(O)OCC(O)COP(=O)(O)OC[C@@H](COC(=O)CCCCCCCCCC(C)C)OC(=O)CCCCCCCCCCCCCCCCCCCCC(C)CC)OC(=O)CCCCCCCCC(C)CC. The summed E-state index contributed by atoms with van der Waals surface area (Å²) in [4.78, 5) is 72.8. The molecule has 0 aromatic carbocycles. The van der Waals surface area contributed by atoms with Crippen LogP contribution in [0.25, 0.3) is 0 Å². The molecule has 0 saturated heterocycles. The maximum Gasteiger partial charge on any atom is 0.472 e. The Hall–Kier alpha value is -2.46. The van der Waals surface area contributed by atoms with E-state index in [9.17, 15) is 43.2 Å². The predicted molar refractivity (Wildman–Crippen MR) is 395 cm³/mol. The minimum Gasteiger partial charge on any atom is -0.462 e. The molecular formula is C78H148O17P2. The second kappa shape index (κ2) is 68.0. The molecule has 0 aromatic rings. The van der Waals surface area contributed by atoms with E-state index in [1.54, 1.807) is 0 Å². The highest BCUT2D eigenvalue weighted by atomic mass is 31.2. The number of hydrogen-bond donors (Lipinski definition) is 3. The van der Waals surface area contributed by atoms with E-state index >= 15 is 0 Å². The van der Waals surface area contributed by atoms with Gasteiger partial charge < -0.3 is 33.8 Å². The lowest BCUT2D eigenvalue weighted by Gasteiger charge is -2.21. The molecule has 0 amide bonds. The molecule has 0 spiro atoms. The number of carbonyl (C=O) groups excluding carboxylic acids is 4. The van der Waals surface area contributed by atoms with Crippen molar-refractivity contribution < 1.29 is 80.2 Å². The number of hydrogen-bond acceptors (Lipinski definition) is 15. The number of esters is 4. The van der Waals surface area contributed by atoms with Crippen molar-refractivity contribution in [2.75, 3.05) is 39.6 Å². The zero-order valence-corrected chi connectivity index (χ0v) is 64.8. The van der Waals surface area contributed by atoms with Gasteiger partial charge in [0.2, 0.25) is 0 Å². The molecule has 17 nitrogen and oxygen atoms in total. The van der Waals surface area contributed by atoms with Gasteiger partial charge in [0.1, 0.15) is 19.3 Å². The van der Waals surface area contributed by atoms with E-state index in [1.165, 1.54) is 161 Å². The van der Waals surface area contributed by atoms with Crippen molar-refractivity contribution in [3.05, 3.63) is 24.3 Å². The Kier molecular flexibility index (Phi) is 66.3. The van der Waals surface area contributed by atoms with Crippen molar-refractivity contribution in [1.82, 2.24) is 0 Å². The molecule has 0 bridgehead atoms. The van der Waals surface area contributed by atoms with Crippen molar-refractivity contribution in [2.24, 2.45) is 17.8 Å². The number of carbonyl (C=O) groups is 4. The third kappa shape index (κ3) is 69.1. The summed E-state index contributed by atoms with van der Waals surface area (Å²) >= 11 is 0. The molecular weight excluding hydrogens is 1270 g/mol. The summed E-state index contributed by atoms with van der Waals surface area (Å²) < 4.78 is 68.5. The highest BCUT2D eigenvalue weighted by Gasteiger charge is 2.30. The van der Waals surface area contributed by atoms with Gasteiger partial charge in [-0.3, -0.25) is 37.3 Å². The third-order valence-corrected chi connectivity index (χ3v) is 20.1. The molecule has 572 valence electrons. The van der Waals surface area contributed by atoms with Gasteiger partial charge in [-0.25, -0.2) is 9.13 Å². The molecule has 0 aliphatic carbocycles. The summed E-state index contributed by atoms with van der Waals surface area (Å²) in [6.45, 7) is 11.8. The minimum atomic E-state index is -4.96. The van der Waals surface area contributed by atoms with Crippen LogP contribution in [0, 0.1) is 17.8 Å². The lowest BCUT2D eigenvalue weighted by Crippen LogP contribution is -2.30. The molecule has 0 saturated carbocycles. The second-order valence-corrected chi connectivity index (χ2v) is 31.3. The number of allylic oxidation sites excluding steroid dienone is 4. The quantitative estimate of drug-likeness (QED) is 0.0169. The van der Waals surface area contributed by atoms with Crippen LogP contribution in [0.15, 0.2) is 24.3 Å². The van der Waals surface area contributed by atoms with E-state index in [0.717, 1.165) is 121 Å². The van der Waals surface area contributed by atoms with Gasteiger partial charge >= 0.3 is 39.5 Å². The fraction of sp³-hybridized carbons (Fsp3) is 0.897. The average molecular weight is 1420 g/mol. The largest absolute Gasteiger partial charge is 0.472 e. The smallest absolute Gasteiger partial charge is 0.462 e. The number of rotatable bonds is 74. The van der Waals surface area contributed by atoms with E-state index in [0.29, 0.717) is 37.5 Å². The second-order valence-electron chi connectivity index (χ2n) is 28.4. The lowest BCUT2D eigenvalue weighted by atomic mass is 9.99. The van der Waals surface area contributed by atoms with Crippen LogP contribution in [0.5, 0.6) is 0 Å². The Morgan fingerprint density at radius 3 is 0.918 bits per heavy atom. The number of phosphoric acid groups is 2. The molecule has 97 heavy (non-hydrogen) atoms. The van der Waals surface area contributed by atoms with Gasteiger partial charge in [-0.1, -0.05) is 323 Å². The van der Waals surface area contributed by atoms with Gasteiger partial charge in [-0.05, 0) is 69.1 Å². The monoisotopic (exact) mass is 1420 g/mol. The van der Waals surface area contributed by atoms with Crippen molar-refractivity contribution in [3.63, 3.8) is 0 Å². The van der Waals surface area contributed by atoms with Crippen LogP contribution in [0.4, 0.5) is 0 Å². The first kappa shape index (κ1) is 94.5. The van der Waals surface area contributed by atoms with Crippen LogP contribution in [-0.2, 0) is 65.4 Å². The zero-order valence-electron chi connectivity index (χ0n) is 63.0. The molecule has 0 aliphatic rings. The number of unbranched alkanes of at least 4 members (excludes halogenated alkanes) is 37. The molecule has 3 N–H and O–H groups in total. The first-order valence-corrected chi connectivity index (χ1v) is 42.7. The van der Waals surface area contributed by atoms with Gasteiger partial charge in [0.05, 0.1) is 26.4 Å². The molecule has 0 aliphatic heterocycles. The van der Waals surface area contributed by atoms with E-state index in [1.807, 2.05) is 0 Å². The van der Waals surface area contributed by atoms with E-state index < -0.39 is 97.5 Å². The fourth-order valence-electron chi connectivity index (χ4n) is 11.4. The third-order valence-electron chi connectivity index (χ3n) is 18.2. The number of ether oxygens (including phenoxy) is 4. The van der Waals surface area contributed by atoms with Crippen LogP contribution < -0.4 is 0 Å². The van der Waals surface area contributed by atoms with Crippen molar-refractivity contribution in [3.8, 4) is 0 Å². The summed E-state index contributed by atoms with van der Waals surface area (Å²) in [6, 6.07) is 0. The van der Waals surface area contributed by atoms with Crippen molar-refractivity contribution in [2.45, 2.75) is 394 Å². The highest BCUT2D eigenvalue weighted by Crippen LogP contribution is 2.45. The topological polar surface area (TPSA) is 237 Å². The van der Waals surface area contributed by atoms with Gasteiger partial charge in [-0.15, -0.1) is 0 Å². The first-order valence-electron chi connectivity index (χ1n) is 39.7. The zero-order chi connectivity index (χ0) is 71.6. The summed E-state index contributed by atoms with van der Waals surface area (Å²) in [5.74, 6) is 0.138. The maximum absolute atomic E-state index is 13.1. The molecule has 0 fully saturated rings. The van der Waals surface area contributed by atoms with Crippen LogP contribution in [0.2, 0.25) is 0 Å². The molecule has 0 aromatic heterocycles. The Morgan fingerprint density at radius 1 is 0.340 bits per heavy atom. The molecule has 7 atom stereocenters. The normalized spacial score (nSPS) is 14.8. The summed E-state index contributed by atoms with van der Waals surface area (Å²) in [7, 11) is -9.92. The summed E-state index contributed by atoms with van der Waals surface area (Å²) in [5.41, 5.74) is 0. The highest BCUT2D eigenvalue weighted by molar-refractivity contribution is 7.47. The van der Waals surface area contributed by atoms with Crippen LogP contribution in [0.3, 0.4) is 0 Å². The molecule has 0 heterocycles. The number of aliphatic hydroxyl groups excluding tert-OH is 1. The summed E-state index contributed by atoms with van der Waals surface area (Å²) in [6.07, 6.45) is 57.9. The number of phosphoric ester groups is 2. The molecule has 5 unspecified atom stereocenters. The molecule has 19 heteroatoms. The van der Waals surface area contributed by atoms with Gasteiger partial charge in [0, 0.05) is 25.7 Å². The van der Waals surface area contributed by atoms with Crippen LogP contribution in [-0.4, -0.2) is 96.7 Å². The van der Waals surface area contributed by atoms with E-state index in [4.69, 9.17) is 37.0 Å². The lowest BCUT2D eigenvalue weighted by molar-refractivity contribution is -0.161. The Balaban J connectivity index is 5.18. The summed E-state index contributed by atoms with van der Waals surface area (Å²) in [5, 5.41) is 10.6. The molecule has 0 radical (unpaired) electrons. The number of aliphatic hydroxyl groups is 1. The van der Waals surface area contributed by atoms with E-state index in [2.05, 4.69) is 72.8 Å². The predicted octanol–water partition coefficient (Wildman–Crippen LogP) is 22.5. The first-order chi connectivity index (χ1) is 46.8. The van der Waals surface area contributed by atoms with Gasteiger partial charge in [-0.2, -0.15) is 0 Å². The van der Waals surface area contributed by atoms with Gasteiger partial charge in [0.25, 0.3) is 0 Å². The van der Waals surface area contributed by atoms with Crippen molar-refractivity contribution in [1.29, 1.82) is 0 Å². The maximum atomic E-state index is 13.1. The Bertz CT molecular complexity index is 1990. The van der Waals surface area contributed by atoms with Crippen molar-refractivity contribution >= 4 is 39.5 Å². The minimum absolute atomic E-state index is 0.0959.